The number of hydrogen-bond donors (Lipinski definition) is 1. The molecule has 1 N–H and O–H groups in total. The number of carboxylic acid groups (broad SMARTS) is 1. The molecule has 1 heterocycles. The molecule has 0 radical (unpaired) electrons. The molecule has 0 saturated heterocycles. The van der Waals surface area contributed by atoms with Gasteiger partial charge in [-0.25, -0.2) is 9.78 Å². The second-order valence-corrected chi connectivity index (χ2v) is 5.30. The number of carboxylic acids is 1. The number of nitrogens with zero attached hydrogens (tertiary/aromatic N) is 1. The quantitative estimate of drug-likeness (QED) is 0.915. The van der Waals surface area contributed by atoms with Crippen LogP contribution >= 0.6 is 22.9 Å². The molecule has 2 rings (SSSR count). The zero-order chi connectivity index (χ0) is 13.8. The first-order valence-electron chi connectivity index (χ1n) is 5.70. The van der Waals surface area contributed by atoms with Crippen LogP contribution in [0.15, 0.2) is 24.3 Å². The highest BCUT2D eigenvalue weighted by molar-refractivity contribution is 7.13. The summed E-state index contributed by atoms with van der Waals surface area (Å²) < 4.78 is 5.52. The predicted molar refractivity (Wildman–Crippen MR) is 74.2 cm³/mol. The molecular weight excluding hydrogens is 286 g/mol. The Hall–Kier alpha value is -1.59. The molecule has 0 aliphatic carbocycles. The molecule has 6 heteroatoms. The van der Waals surface area contributed by atoms with Crippen molar-refractivity contribution in [1.29, 1.82) is 0 Å². The standard InChI is InChI=1S/C13H12ClNO3S/c1-2-11-15-10(12(19-11)13(16)17)7-18-9-5-3-8(14)4-6-9/h3-6H,2,7H2,1H3,(H,16,17). The van der Waals surface area contributed by atoms with Gasteiger partial charge in [-0.05, 0) is 30.7 Å². The van der Waals surface area contributed by atoms with Gasteiger partial charge in [0.15, 0.2) is 0 Å². The Morgan fingerprint density at radius 2 is 2.11 bits per heavy atom. The molecule has 1 aromatic heterocycles. The summed E-state index contributed by atoms with van der Waals surface area (Å²) in [5, 5.41) is 10.5. The second kappa shape index (κ2) is 6.04. The third kappa shape index (κ3) is 3.45. The summed E-state index contributed by atoms with van der Waals surface area (Å²) in [5.41, 5.74) is 0.462. The first kappa shape index (κ1) is 13.8. The van der Waals surface area contributed by atoms with Gasteiger partial charge in [0, 0.05) is 5.02 Å². The van der Waals surface area contributed by atoms with Crippen LogP contribution in [-0.4, -0.2) is 16.1 Å². The Morgan fingerprint density at radius 1 is 1.42 bits per heavy atom. The highest BCUT2D eigenvalue weighted by Crippen LogP contribution is 2.22. The maximum atomic E-state index is 11.1. The lowest BCUT2D eigenvalue weighted by molar-refractivity contribution is 0.0699. The Bertz CT molecular complexity index is 580. The van der Waals surface area contributed by atoms with Crippen molar-refractivity contribution >= 4 is 28.9 Å². The lowest BCUT2D eigenvalue weighted by atomic mass is 10.3. The summed E-state index contributed by atoms with van der Waals surface area (Å²) in [6, 6.07) is 6.90. The Labute approximate surface area is 119 Å². The number of thiazole rings is 1. The van der Waals surface area contributed by atoms with Gasteiger partial charge in [-0.3, -0.25) is 0 Å². The molecule has 0 atom stereocenters. The molecular formula is C13H12ClNO3S. The fourth-order valence-corrected chi connectivity index (χ4v) is 2.47. The summed E-state index contributed by atoms with van der Waals surface area (Å²) >= 11 is 6.97. The van der Waals surface area contributed by atoms with E-state index in [0.717, 1.165) is 5.01 Å². The molecule has 19 heavy (non-hydrogen) atoms. The van der Waals surface area contributed by atoms with Crippen molar-refractivity contribution in [2.24, 2.45) is 0 Å². The number of ether oxygens (including phenoxy) is 1. The van der Waals surface area contributed by atoms with Crippen LogP contribution < -0.4 is 4.74 Å². The van der Waals surface area contributed by atoms with Crippen LogP contribution in [0.2, 0.25) is 5.02 Å². The van der Waals surface area contributed by atoms with Gasteiger partial charge in [0.05, 0.1) is 5.01 Å². The number of aryl methyl sites for hydroxylation is 1. The lowest BCUT2D eigenvalue weighted by Gasteiger charge is -2.04. The smallest absolute Gasteiger partial charge is 0.347 e. The van der Waals surface area contributed by atoms with Gasteiger partial charge in [-0.1, -0.05) is 18.5 Å². The van der Waals surface area contributed by atoms with Crippen LogP contribution in [0, 0.1) is 0 Å². The van der Waals surface area contributed by atoms with Crippen molar-refractivity contribution in [3.05, 3.63) is 44.9 Å². The van der Waals surface area contributed by atoms with Crippen LogP contribution in [0.4, 0.5) is 0 Å². The maximum absolute atomic E-state index is 11.1. The van der Waals surface area contributed by atoms with Crippen molar-refractivity contribution in [2.75, 3.05) is 0 Å². The minimum Gasteiger partial charge on any atom is -0.487 e. The third-order valence-electron chi connectivity index (χ3n) is 2.43. The fourth-order valence-electron chi connectivity index (χ4n) is 1.50. The Balaban J connectivity index is 2.12. The molecule has 0 spiro atoms. The SMILES string of the molecule is CCc1nc(COc2ccc(Cl)cc2)c(C(=O)O)s1. The molecule has 100 valence electrons. The summed E-state index contributed by atoms with van der Waals surface area (Å²) in [7, 11) is 0. The number of aromatic nitrogens is 1. The number of aromatic carboxylic acids is 1. The molecule has 2 aromatic rings. The van der Waals surface area contributed by atoms with Crippen molar-refractivity contribution in [1.82, 2.24) is 4.98 Å². The van der Waals surface area contributed by atoms with Crippen LogP contribution in [-0.2, 0) is 13.0 Å². The normalized spacial score (nSPS) is 10.4. The van der Waals surface area contributed by atoms with Crippen LogP contribution in [0.25, 0.3) is 0 Å². The number of carbonyl (C=O) groups is 1. The predicted octanol–water partition coefficient (Wildman–Crippen LogP) is 3.64. The molecule has 0 saturated carbocycles. The lowest BCUT2D eigenvalue weighted by Crippen LogP contribution is -2.03. The monoisotopic (exact) mass is 297 g/mol. The highest BCUT2D eigenvalue weighted by Gasteiger charge is 2.17. The van der Waals surface area contributed by atoms with Crippen LogP contribution in [0.1, 0.15) is 27.3 Å². The van der Waals surface area contributed by atoms with E-state index in [2.05, 4.69) is 4.98 Å². The average molecular weight is 298 g/mol. The largest absolute Gasteiger partial charge is 0.487 e. The van der Waals surface area contributed by atoms with Gasteiger partial charge in [0.1, 0.15) is 22.9 Å². The zero-order valence-corrected chi connectivity index (χ0v) is 11.8. The summed E-state index contributed by atoms with van der Waals surface area (Å²) in [5.74, 6) is -0.335. The van der Waals surface area contributed by atoms with E-state index in [0.29, 0.717) is 22.9 Å². The molecule has 0 amide bonds. The molecule has 0 aliphatic heterocycles. The van der Waals surface area contributed by atoms with Crippen molar-refractivity contribution in [2.45, 2.75) is 20.0 Å². The van der Waals surface area contributed by atoms with Gasteiger partial charge in [0.2, 0.25) is 0 Å². The average Bonchev–Trinajstić information content (AvgIpc) is 2.81. The molecule has 4 nitrogen and oxygen atoms in total. The third-order valence-corrected chi connectivity index (χ3v) is 3.91. The summed E-state index contributed by atoms with van der Waals surface area (Å²) in [6.07, 6.45) is 0.714. The molecule has 0 aliphatic rings. The van der Waals surface area contributed by atoms with Gasteiger partial charge in [-0.2, -0.15) is 0 Å². The maximum Gasteiger partial charge on any atom is 0.347 e. The number of rotatable bonds is 5. The van der Waals surface area contributed by atoms with Crippen molar-refractivity contribution < 1.29 is 14.6 Å². The zero-order valence-electron chi connectivity index (χ0n) is 10.2. The molecule has 0 fully saturated rings. The molecule has 0 bridgehead atoms. The van der Waals surface area contributed by atoms with E-state index in [4.69, 9.17) is 21.4 Å². The summed E-state index contributed by atoms with van der Waals surface area (Å²) in [4.78, 5) is 15.6. The van der Waals surface area contributed by atoms with Crippen molar-refractivity contribution in [3.8, 4) is 5.75 Å². The van der Waals surface area contributed by atoms with E-state index < -0.39 is 5.97 Å². The van der Waals surface area contributed by atoms with Gasteiger partial charge < -0.3 is 9.84 Å². The van der Waals surface area contributed by atoms with Gasteiger partial charge in [0.25, 0.3) is 0 Å². The van der Waals surface area contributed by atoms with Gasteiger partial charge in [-0.15, -0.1) is 11.3 Å². The van der Waals surface area contributed by atoms with Crippen molar-refractivity contribution in [3.63, 3.8) is 0 Å². The second-order valence-electron chi connectivity index (χ2n) is 3.78. The molecule has 1 aromatic carbocycles. The van der Waals surface area contributed by atoms with E-state index in [1.807, 2.05) is 6.92 Å². The van der Waals surface area contributed by atoms with Crippen LogP contribution in [0.3, 0.4) is 0 Å². The number of hydrogen-bond acceptors (Lipinski definition) is 4. The first-order chi connectivity index (χ1) is 9.10. The Morgan fingerprint density at radius 3 is 2.68 bits per heavy atom. The molecule has 0 unspecified atom stereocenters. The number of halogens is 1. The van der Waals surface area contributed by atoms with E-state index in [9.17, 15) is 4.79 Å². The van der Waals surface area contributed by atoms with Crippen LogP contribution in [0.5, 0.6) is 5.75 Å². The number of benzene rings is 1. The first-order valence-corrected chi connectivity index (χ1v) is 6.90. The van der Waals surface area contributed by atoms with E-state index in [1.165, 1.54) is 11.3 Å². The fraction of sp³-hybridized carbons (Fsp3) is 0.231. The minimum atomic E-state index is -0.966. The minimum absolute atomic E-state index is 0.139. The highest BCUT2D eigenvalue weighted by atomic mass is 35.5. The Kier molecular flexibility index (Phi) is 4.39. The summed E-state index contributed by atoms with van der Waals surface area (Å²) in [6.45, 7) is 2.08. The van der Waals surface area contributed by atoms with E-state index in [1.54, 1.807) is 24.3 Å². The van der Waals surface area contributed by atoms with Gasteiger partial charge >= 0.3 is 5.97 Å². The van der Waals surface area contributed by atoms with E-state index >= 15 is 0 Å². The topological polar surface area (TPSA) is 59.4 Å². The van der Waals surface area contributed by atoms with E-state index in [-0.39, 0.29) is 11.5 Å².